The number of nitrogens with one attached hydrogen (secondary N) is 1. The summed E-state index contributed by atoms with van der Waals surface area (Å²) >= 11 is 0. The van der Waals surface area contributed by atoms with Gasteiger partial charge in [0.2, 0.25) is 5.71 Å². The van der Waals surface area contributed by atoms with Gasteiger partial charge in [-0.05, 0) is 42.0 Å². The summed E-state index contributed by atoms with van der Waals surface area (Å²) in [5.74, 6) is 0.603. The van der Waals surface area contributed by atoms with E-state index in [1.54, 1.807) is 19.6 Å². The van der Waals surface area contributed by atoms with E-state index in [9.17, 15) is 4.79 Å². The number of amides is 1. The Bertz CT molecular complexity index is 1070. The molecule has 0 fully saturated rings. The van der Waals surface area contributed by atoms with Gasteiger partial charge in [-0.25, -0.2) is 0 Å². The molecule has 0 spiro atoms. The van der Waals surface area contributed by atoms with Gasteiger partial charge in [-0.15, -0.1) is 0 Å². The Morgan fingerprint density at radius 1 is 1.19 bits per heavy atom. The van der Waals surface area contributed by atoms with E-state index >= 15 is 0 Å². The van der Waals surface area contributed by atoms with Gasteiger partial charge in [0.25, 0.3) is 5.91 Å². The van der Waals surface area contributed by atoms with Crippen molar-refractivity contribution in [2.24, 2.45) is 0 Å². The molecule has 0 aliphatic carbocycles. The highest BCUT2D eigenvalue weighted by Crippen LogP contribution is 2.23. The van der Waals surface area contributed by atoms with E-state index in [4.69, 9.17) is 9.15 Å². The molecule has 27 heavy (non-hydrogen) atoms. The Balaban J connectivity index is 1.61. The van der Waals surface area contributed by atoms with Crippen molar-refractivity contribution in [1.82, 2.24) is 14.9 Å². The van der Waals surface area contributed by atoms with Crippen molar-refractivity contribution in [3.05, 3.63) is 84.0 Å². The van der Waals surface area contributed by atoms with Gasteiger partial charge in [0.15, 0.2) is 0 Å². The molecule has 4 rings (SSSR count). The smallest absolute Gasteiger partial charge is 0.268 e. The van der Waals surface area contributed by atoms with Crippen LogP contribution in [0, 0.1) is 0 Å². The fraction of sp³-hybridized carbons (Fsp3) is 0.143. The Kier molecular flexibility index (Phi) is 4.61. The van der Waals surface area contributed by atoms with Crippen molar-refractivity contribution in [2.45, 2.75) is 13.1 Å². The van der Waals surface area contributed by atoms with Gasteiger partial charge >= 0.3 is 0 Å². The summed E-state index contributed by atoms with van der Waals surface area (Å²) in [7, 11) is 1.63. The molecule has 0 radical (unpaired) electrons. The molecule has 0 atom stereocenters. The van der Waals surface area contributed by atoms with Crippen molar-refractivity contribution in [2.75, 3.05) is 7.11 Å². The predicted molar refractivity (Wildman–Crippen MR) is 102 cm³/mol. The fourth-order valence-electron chi connectivity index (χ4n) is 3.04. The van der Waals surface area contributed by atoms with Gasteiger partial charge in [0.05, 0.1) is 32.2 Å². The minimum atomic E-state index is -0.171. The molecule has 0 aliphatic heterocycles. The third-order valence-corrected chi connectivity index (χ3v) is 4.37. The number of fused-ring (bicyclic) bond motifs is 1. The number of aromatic nitrogens is 2. The molecule has 0 bridgehead atoms. The first-order chi connectivity index (χ1) is 13.2. The van der Waals surface area contributed by atoms with Crippen LogP contribution in [0.3, 0.4) is 0 Å². The van der Waals surface area contributed by atoms with Gasteiger partial charge in [0.1, 0.15) is 11.4 Å². The van der Waals surface area contributed by atoms with Crippen molar-refractivity contribution in [3.63, 3.8) is 0 Å². The molecular formula is C21H19N3O3. The highest BCUT2D eigenvalue weighted by atomic mass is 16.5. The van der Waals surface area contributed by atoms with Crippen LogP contribution in [0.4, 0.5) is 0 Å². The number of hydrogen-bond donors (Lipinski definition) is 1. The third-order valence-electron chi connectivity index (χ3n) is 4.37. The van der Waals surface area contributed by atoms with Crippen LogP contribution in [0.5, 0.6) is 5.75 Å². The number of pyridine rings is 1. The lowest BCUT2D eigenvalue weighted by Gasteiger charge is -2.11. The van der Waals surface area contributed by atoms with Crippen molar-refractivity contribution >= 4 is 17.0 Å². The molecule has 136 valence electrons. The summed E-state index contributed by atoms with van der Waals surface area (Å²) < 4.78 is 12.8. The van der Waals surface area contributed by atoms with Crippen LogP contribution < -0.4 is 10.1 Å². The van der Waals surface area contributed by atoms with Crippen molar-refractivity contribution < 1.29 is 13.9 Å². The molecule has 0 aliphatic rings. The zero-order chi connectivity index (χ0) is 18.6. The SMILES string of the molecule is COc1cccc(Cn2c(C(=O)NCc3ccccn3)cc3ccoc32)c1. The van der Waals surface area contributed by atoms with Gasteiger partial charge in [-0.2, -0.15) is 0 Å². The molecule has 1 N–H and O–H groups in total. The van der Waals surface area contributed by atoms with E-state index in [0.717, 1.165) is 22.4 Å². The minimum absolute atomic E-state index is 0.171. The van der Waals surface area contributed by atoms with Crippen LogP contribution in [-0.2, 0) is 13.1 Å². The summed E-state index contributed by atoms with van der Waals surface area (Å²) in [6.45, 7) is 0.867. The van der Waals surface area contributed by atoms with E-state index < -0.39 is 0 Å². The topological polar surface area (TPSA) is 69.3 Å². The van der Waals surface area contributed by atoms with Gasteiger partial charge < -0.3 is 19.0 Å². The van der Waals surface area contributed by atoms with Gasteiger partial charge in [0, 0.05) is 11.6 Å². The Hall–Kier alpha value is -3.54. The summed E-state index contributed by atoms with van der Waals surface area (Å²) in [6.07, 6.45) is 3.34. The lowest BCUT2D eigenvalue weighted by atomic mass is 10.2. The Labute approximate surface area is 156 Å². The second kappa shape index (κ2) is 7.37. The number of furan rings is 1. The van der Waals surface area contributed by atoms with Crippen LogP contribution in [-0.4, -0.2) is 22.6 Å². The molecule has 4 aromatic rings. The van der Waals surface area contributed by atoms with Crippen LogP contribution >= 0.6 is 0 Å². The van der Waals surface area contributed by atoms with E-state index in [2.05, 4.69) is 10.3 Å². The molecule has 6 heteroatoms. The summed E-state index contributed by atoms with van der Waals surface area (Å²) in [5, 5.41) is 3.82. The lowest BCUT2D eigenvalue weighted by Crippen LogP contribution is -2.26. The Morgan fingerprint density at radius 2 is 2.11 bits per heavy atom. The van der Waals surface area contributed by atoms with Crippen molar-refractivity contribution in [1.29, 1.82) is 0 Å². The van der Waals surface area contributed by atoms with Crippen LogP contribution in [0.1, 0.15) is 21.7 Å². The number of carbonyl (C=O) groups excluding carboxylic acids is 1. The second-order valence-electron chi connectivity index (χ2n) is 6.15. The van der Waals surface area contributed by atoms with E-state index in [1.807, 2.05) is 59.2 Å². The van der Waals surface area contributed by atoms with Crippen LogP contribution in [0.15, 0.2) is 71.5 Å². The Morgan fingerprint density at radius 3 is 2.93 bits per heavy atom. The first kappa shape index (κ1) is 16.9. The highest BCUT2D eigenvalue weighted by molar-refractivity contribution is 5.97. The highest BCUT2D eigenvalue weighted by Gasteiger charge is 2.18. The molecule has 6 nitrogen and oxygen atoms in total. The number of nitrogens with zero attached hydrogens (tertiary/aromatic N) is 2. The third kappa shape index (κ3) is 3.55. The first-order valence-corrected chi connectivity index (χ1v) is 8.62. The molecule has 1 amide bonds. The number of hydrogen-bond acceptors (Lipinski definition) is 4. The predicted octanol–water partition coefficient (Wildman–Crippen LogP) is 3.62. The largest absolute Gasteiger partial charge is 0.497 e. The van der Waals surface area contributed by atoms with E-state index in [1.165, 1.54) is 0 Å². The average molecular weight is 361 g/mol. The van der Waals surface area contributed by atoms with Crippen molar-refractivity contribution in [3.8, 4) is 5.75 Å². The maximum Gasteiger partial charge on any atom is 0.268 e. The zero-order valence-corrected chi connectivity index (χ0v) is 14.9. The van der Waals surface area contributed by atoms with E-state index in [0.29, 0.717) is 24.5 Å². The molecule has 1 aromatic carbocycles. The number of benzene rings is 1. The molecule has 0 saturated heterocycles. The minimum Gasteiger partial charge on any atom is -0.497 e. The molecule has 3 heterocycles. The number of rotatable bonds is 6. The normalized spacial score (nSPS) is 10.9. The maximum absolute atomic E-state index is 12.8. The van der Waals surface area contributed by atoms with Crippen LogP contribution in [0.25, 0.3) is 11.1 Å². The average Bonchev–Trinajstić information content (AvgIpc) is 3.30. The summed E-state index contributed by atoms with van der Waals surface area (Å²) in [5.41, 5.74) is 3.03. The molecule has 0 saturated carbocycles. The number of ether oxygens (including phenoxy) is 1. The monoisotopic (exact) mass is 361 g/mol. The quantitative estimate of drug-likeness (QED) is 0.569. The summed E-state index contributed by atoms with van der Waals surface area (Å²) in [6, 6.07) is 17.1. The maximum atomic E-state index is 12.8. The number of carbonyl (C=O) groups is 1. The van der Waals surface area contributed by atoms with Gasteiger partial charge in [-0.3, -0.25) is 9.78 Å². The fourth-order valence-corrected chi connectivity index (χ4v) is 3.04. The summed E-state index contributed by atoms with van der Waals surface area (Å²) in [4.78, 5) is 17.0. The second-order valence-corrected chi connectivity index (χ2v) is 6.15. The number of methoxy groups -OCH3 is 1. The standard InChI is InChI=1S/C21H19N3O3/c1-26-18-7-4-5-15(11-18)14-24-19(12-16-8-10-27-21(16)24)20(25)23-13-17-6-2-3-9-22-17/h2-12H,13-14H2,1H3,(H,23,25). The van der Waals surface area contributed by atoms with Gasteiger partial charge in [-0.1, -0.05) is 18.2 Å². The van der Waals surface area contributed by atoms with Crippen LogP contribution in [0.2, 0.25) is 0 Å². The molecule has 3 aromatic heterocycles. The van der Waals surface area contributed by atoms with E-state index in [-0.39, 0.29) is 5.91 Å². The lowest BCUT2D eigenvalue weighted by molar-refractivity contribution is 0.0941. The molecule has 0 unspecified atom stereocenters. The first-order valence-electron chi connectivity index (χ1n) is 8.62. The zero-order valence-electron chi connectivity index (χ0n) is 14.9. The molecular weight excluding hydrogens is 342 g/mol.